The Morgan fingerprint density at radius 3 is 2.59 bits per heavy atom. The summed E-state index contributed by atoms with van der Waals surface area (Å²) in [6.07, 6.45) is 1.79. The fraction of sp³-hybridized carbons (Fsp3) is 0.400. The molecule has 1 atom stereocenters. The molecule has 0 spiro atoms. The summed E-state index contributed by atoms with van der Waals surface area (Å²) in [5, 5.41) is 0.319. The van der Waals surface area contributed by atoms with Crippen LogP contribution in [0.1, 0.15) is 20.8 Å². The Bertz CT molecular complexity index is 739. The summed E-state index contributed by atoms with van der Waals surface area (Å²) in [6, 6.07) is 3.75. The molecule has 2 rings (SSSR count). The minimum absolute atomic E-state index is 0.0577. The molecule has 5 nitrogen and oxygen atoms in total. The van der Waals surface area contributed by atoms with Gasteiger partial charge in [-0.15, -0.1) is 0 Å². The standard InChI is InChI=1S/C15H19ClN2O3S/c1-10(2)7-8-18-11(3)15(19)17(4)13-6-5-12(16)9-14(13)22(18,20)21/h5-7,9,11H,8H2,1-4H3. The number of anilines is 1. The topological polar surface area (TPSA) is 57.7 Å². The van der Waals surface area contributed by atoms with Crippen LogP contribution in [0.3, 0.4) is 0 Å². The number of fused-ring (bicyclic) bond motifs is 1. The summed E-state index contributed by atoms with van der Waals surface area (Å²) in [5.74, 6) is -0.271. The number of nitrogens with zero attached hydrogens (tertiary/aromatic N) is 2. The van der Waals surface area contributed by atoms with Crippen LogP contribution in [0.4, 0.5) is 5.69 Å². The van der Waals surface area contributed by atoms with Gasteiger partial charge in [0.25, 0.3) is 0 Å². The summed E-state index contributed by atoms with van der Waals surface area (Å²) in [7, 11) is -2.24. The molecule has 120 valence electrons. The van der Waals surface area contributed by atoms with Crippen LogP contribution in [0.2, 0.25) is 5.02 Å². The van der Waals surface area contributed by atoms with Gasteiger partial charge in [0.05, 0.1) is 5.69 Å². The normalized spacial score (nSPS) is 21.2. The van der Waals surface area contributed by atoms with Crippen LogP contribution in [-0.2, 0) is 14.8 Å². The quantitative estimate of drug-likeness (QED) is 0.776. The predicted octanol–water partition coefficient (Wildman–Crippen LogP) is 2.66. The summed E-state index contributed by atoms with van der Waals surface area (Å²) in [6.45, 7) is 5.52. The Morgan fingerprint density at radius 2 is 2.00 bits per heavy atom. The maximum atomic E-state index is 12.9. The van der Waals surface area contributed by atoms with Crippen molar-refractivity contribution in [1.82, 2.24) is 4.31 Å². The lowest BCUT2D eigenvalue weighted by molar-refractivity contribution is -0.121. The highest BCUT2D eigenvalue weighted by molar-refractivity contribution is 7.89. The molecule has 0 aliphatic carbocycles. The lowest BCUT2D eigenvalue weighted by Gasteiger charge is -2.24. The number of carbonyl (C=O) groups is 1. The molecule has 1 aromatic carbocycles. The number of hydrogen-bond acceptors (Lipinski definition) is 3. The van der Waals surface area contributed by atoms with Gasteiger partial charge in [-0.25, -0.2) is 8.42 Å². The van der Waals surface area contributed by atoms with E-state index in [0.717, 1.165) is 5.57 Å². The third-order valence-corrected chi connectivity index (χ3v) is 5.87. The van der Waals surface area contributed by atoms with E-state index in [4.69, 9.17) is 11.6 Å². The van der Waals surface area contributed by atoms with Crippen molar-refractivity contribution in [3.63, 3.8) is 0 Å². The van der Waals surface area contributed by atoms with Gasteiger partial charge in [0, 0.05) is 18.6 Å². The highest BCUT2D eigenvalue weighted by Crippen LogP contribution is 2.34. The van der Waals surface area contributed by atoms with Gasteiger partial charge in [-0.2, -0.15) is 4.31 Å². The Morgan fingerprint density at radius 1 is 1.36 bits per heavy atom. The van der Waals surface area contributed by atoms with Crippen molar-refractivity contribution in [1.29, 1.82) is 0 Å². The summed E-state index contributed by atoms with van der Waals surface area (Å²) < 4.78 is 27.1. The average Bonchev–Trinajstić information content (AvgIpc) is 2.48. The molecule has 1 unspecified atom stereocenters. The number of amides is 1. The minimum Gasteiger partial charge on any atom is -0.313 e. The smallest absolute Gasteiger partial charge is 0.246 e. The van der Waals surface area contributed by atoms with Gasteiger partial charge >= 0.3 is 0 Å². The molecule has 0 saturated carbocycles. The molecule has 0 saturated heterocycles. The first kappa shape index (κ1) is 17.0. The first-order valence-electron chi connectivity index (χ1n) is 6.88. The first-order valence-corrected chi connectivity index (χ1v) is 8.70. The summed E-state index contributed by atoms with van der Waals surface area (Å²) >= 11 is 5.95. The lowest BCUT2D eigenvalue weighted by Crippen LogP contribution is -2.45. The van der Waals surface area contributed by atoms with E-state index < -0.39 is 16.1 Å². The molecule has 1 heterocycles. The highest BCUT2D eigenvalue weighted by atomic mass is 35.5. The molecular formula is C15H19ClN2O3S. The number of allylic oxidation sites excluding steroid dienone is 1. The van der Waals surface area contributed by atoms with Crippen molar-refractivity contribution in [3.05, 3.63) is 34.9 Å². The first-order chi connectivity index (χ1) is 10.2. The molecule has 0 fully saturated rings. The molecule has 1 aliphatic rings. The lowest BCUT2D eigenvalue weighted by atomic mass is 10.2. The summed E-state index contributed by atoms with van der Waals surface area (Å²) in [4.78, 5) is 13.9. The zero-order valence-corrected chi connectivity index (χ0v) is 14.6. The van der Waals surface area contributed by atoms with Crippen molar-refractivity contribution in [2.45, 2.75) is 31.7 Å². The number of rotatable bonds is 2. The number of carbonyl (C=O) groups excluding carboxylic acids is 1. The van der Waals surface area contributed by atoms with Gasteiger partial charge in [0.1, 0.15) is 10.9 Å². The maximum absolute atomic E-state index is 12.9. The zero-order chi connectivity index (χ0) is 16.7. The Labute approximate surface area is 136 Å². The average molecular weight is 343 g/mol. The third-order valence-electron chi connectivity index (χ3n) is 3.67. The fourth-order valence-corrected chi connectivity index (χ4v) is 4.37. The van der Waals surface area contributed by atoms with E-state index in [9.17, 15) is 13.2 Å². The molecule has 7 heteroatoms. The van der Waals surface area contributed by atoms with Crippen LogP contribution in [0, 0.1) is 0 Å². The predicted molar refractivity (Wildman–Crippen MR) is 87.6 cm³/mol. The molecule has 0 N–H and O–H groups in total. The number of hydrogen-bond donors (Lipinski definition) is 0. The molecule has 0 aromatic heterocycles. The Balaban J connectivity index is 2.68. The summed E-state index contributed by atoms with van der Waals surface area (Å²) in [5.41, 5.74) is 1.33. The van der Waals surface area contributed by atoms with E-state index >= 15 is 0 Å². The second kappa shape index (κ2) is 6.02. The molecule has 22 heavy (non-hydrogen) atoms. The van der Waals surface area contributed by atoms with Crippen molar-refractivity contribution in [3.8, 4) is 0 Å². The van der Waals surface area contributed by atoms with Gasteiger partial charge in [-0.1, -0.05) is 23.3 Å². The number of likely N-dealkylation sites (N-methyl/N-ethyl adjacent to an activating group) is 1. The van der Waals surface area contributed by atoms with Crippen LogP contribution in [0.5, 0.6) is 0 Å². The van der Waals surface area contributed by atoms with E-state index in [1.807, 2.05) is 13.8 Å². The second-order valence-corrected chi connectivity index (χ2v) is 7.84. The monoisotopic (exact) mass is 342 g/mol. The van der Waals surface area contributed by atoms with Crippen molar-refractivity contribution >= 4 is 33.2 Å². The van der Waals surface area contributed by atoms with E-state index in [1.165, 1.54) is 15.3 Å². The Kier molecular flexibility index (Phi) is 4.65. The van der Waals surface area contributed by atoms with Crippen molar-refractivity contribution in [2.75, 3.05) is 18.5 Å². The molecular weight excluding hydrogens is 324 g/mol. The number of sulfonamides is 1. The van der Waals surface area contributed by atoms with Gasteiger partial charge in [-0.3, -0.25) is 4.79 Å². The Hall–Kier alpha value is -1.37. The van der Waals surface area contributed by atoms with Crippen molar-refractivity contribution in [2.24, 2.45) is 0 Å². The van der Waals surface area contributed by atoms with Crippen LogP contribution in [0.15, 0.2) is 34.7 Å². The zero-order valence-electron chi connectivity index (χ0n) is 13.0. The van der Waals surface area contributed by atoms with Gasteiger partial charge in [-0.05, 0) is 39.0 Å². The van der Waals surface area contributed by atoms with E-state index in [1.54, 1.807) is 32.2 Å². The van der Waals surface area contributed by atoms with E-state index in [2.05, 4.69) is 0 Å². The fourth-order valence-electron chi connectivity index (χ4n) is 2.36. The van der Waals surface area contributed by atoms with Crippen LogP contribution < -0.4 is 4.90 Å². The van der Waals surface area contributed by atoms with Crippen LogP contribution >= 0.6 is 11.6 Å². The minimum atomic E-state index is -3.81. The number of benzene rings is 1. The van der Waals surface area contributed by atoms with Crippen LogP contribution in [0.25, 0.3) is 0 Å². The molecule has 1 amide bonds. The molecule has 1 aromatic rings. The second-order valence-electron chi connectivity index (χ2n) is 5.54. The van der Waals surface area contributed by atoms with Crippen LogP contribution in [-0.4, -0.2) is 38.3 Å². The highest BCUT2D eigenvalue weighted by Gasteiger charge is 2.40. The maximum Gasteiger partial charge on any atom is 0.246 e. The number of halogens is 1. The molecule has 0 radical (unpaired) electrons. The van der Waals surface area contributed by atoms with Gasteiger partial charge < -0.3 is 4.90 Å². The van der Waals surface area contributed by atoms with Gasteiger partial charge in [0.2, 0.25) is 15.9 Å². The third kappa shape index (κ3) is 2.91. The SMILES string of the molecule is CC(C)=CCN1C(C)C(=O)N(C)c2ccc(Cl)cc2S1(=O)=O. The van der Waals surface area contributed by atoms with Gasteiger partial charge in [0.15, 0.2) is 0 Å². The van der Waals surface area contributed by atoms with Crippen molar-refractivity contribution < 1.29 is 13.2 Å². The molecule has 0 bridgehead atoms. The largest absolute Gasteiger partial charge is 0.313 e. The molecule has 1 aliphatic heterocycles. The van der Waals surface area contributed by atoms with E-state index in [-0.39, 0.29) is 17.3 Å². The van der Waals surface area contributed by atoms with E-state index in [0.29, 0.717) is 10.7 Å².